The molecule has 1 N–H and O–H groups in total. The number of sulfone groups is 1. The van der Waals surface area contributed by atoms with E-state index in [0.717, 1.165) is 5.56 Å². The van der Waals surface area contributed by atoms with Crippen LogP contribution in [0.2, 0.25) is 0 Å². The summed E-state index contributed by atoms with van der Waals surface area (Å²) in [6.07, 6.45) is 1.28. The summed E-state index contributed by atoms with van der Waals surface area (Å²) in [6.45, 7) is 5.25. The highest BCUT2D eigenvalue weighted by Crippen LogP contribution is 2.18. The van der Waals surface area contributed by atoms with E-state index in [9.17, 15) is 13.2 Å². The summed E-state index contributed by atoms with van der Waals surface area (Å²) in [4.78, 5) is 13.9. The molecule has 1 aliphatic heterocycles. The second-order valence-electron chi connectivity index (χ2n) is 6.50. The molecule has 0 aromatic heterocycles. The van der Waals surface area contributed by atoms with Crippen LogP contribution in [0.5, 0.6) is 0 Å². The van der Waals surface area contributed by atoms with Crippen LogP contribution in [-0.2, 0) is 16.4 Å². The highest BCUT2D eigenvalue weighted by Gasteiger charge is 2.24. The molecule has 0 atom stereocenters. The number of hydrogen-bond acceptors (Lipinski definition) is 3. The minimum atomic E-state index is -2.84. The van der Waals surface area contributed by atoms with Crippen molar-refractivity contribution < 1.29 is 13.2 Å². The number of carbonyl (C=O) groups excluding carboxylic acids is 1. The molecule has 23 heavy (non-hydrogen) atoms. The molecule has 1 aromatic rings. The Labute approximate surface area is 139 Å². The Kier molecular flexibility index (Phi) is 5.68. The van der Waals surface area contributed by atoms with Gasteiger partial charge in [0.05, 0.1) is 11.5 Å². The van der Waals surface area contributed by atoms with Crippen molar-refractivity contribution >= 4 is 15.9 Å². The Morgan fingerprint density at radius 3 is 2.57 bits per heavy atom. The fourth-order valence-electron chi connectivity index (χ4n) is 2.82. The molecule has 2 rings (SSSR count). The molecule has 1 saturated heterocycles. The summed E-state index contributed by atoms with van der Waals surface area (Å²) in [5.41, 5.74) is 3.58. The Bertz CT molecular complexity index is 656. The number of hydrogen-bond donors (Lipinski definition) is 1. The van der Waals surface area contributed by atoms with Gasteiger partial charge in [0.15, 0.2) is 0 Å². The lowest BCUT2D eigenvalue weighted by Gasteiger charge is -2.24. The van der Waals surface area contributed by atoms with Crippen LogP contribution in [0, 0.1) is 19.8 Å². The third kappa shape index (κ3) is 4.96. The molecular weight excluding hydrogens is 312 g/mol. The van der Waals surface area contributed by atoms with Gasteiger partial charge in [-0.25, -0.2) is 13.2 Å². The molecule has 0 aliphatic carbocycles. The van der Waals surface area contributed by atoms with Gasteiger partial charge in [0.2, 0.25) is 0 Å². The van der Waals surface area contributed by atoms with Crippen LogP contribution >= 0.6 is 0 Å². The summed E-state index contributed by atoms with van der Waals surface area (Å²) in [7, 11) is -1.06. The first-order valence-electron chi connectivity index (χ1n) is 8.03. The largest absolute Gasteiger partial charge is 0.338 e. The van der Waals surface area contributed by atoms with Crippen molar-refractivity contribution in [3.8, 4) is 0 Å². The van der Waals surface area contributed by atoms with E-state index in [-0.39, 0.29) is 23.5 Å². The minimum absolute atomic E-state index is 0.112. The maximum Gasteiger partial charge on any atom is 0.317 e. The van der Waals surface area contributed by atoms with Gasteiger partial charge in [-0.1, -0.05) is 18.2 Å². The molecule has 0 spiro atoms. The predicted molar refractivity (Wildman–Crippen MR) is 92.2 cm³/mol. The average Bonchev–Trinajstić information content (AvgIpc) is 2.50. The van der Waals surface area contributed by atoms with Crippen molar-refractivity contribution in [2.45, 2.75) is 33.2 Å². The molecule has 0 unspecified atom stereocenters. The number of nitrogens with zero attached hydrogens (tertiary/aromatic N) is 1. The van der Waals surface area contributed by atoms with Gasteiger partial charge in [0.1, 0.15) is 9.84 Å². The van der Waals surface area contributed by atoms with Gasteiger partial charge in [-0.05, 0) is 49.3 Å². The van der Waals surface area contributed by atoms with Crippen molar-refractivity contribution in [3.63, 3.8) is 0 Å². The van der Waals surface area contributed by atoms with Gasteiger partial charge in [-0.3, -0.25) is 0 Å². The van der Waals surface area contributed by atoms with E-state index in [2.05, 4.69) is 25.2 Å². The van der Waals surface area contributed by atoms with E-state index >= 15 is 0 Å². The standard InChI is InChI=1S/C17H26N2O3S/c1-13-5-4-6-16(14(13)2)12-19(3)17(20)18-11-15-7-9-23(21,22)10-8-15/h4-6,15H,7-12H2,1-3H3,(H,18,20). The Balaban J connectivity index is 1.82. The SMILES string of the molecule is Cc1cccc(CN(C)C(=O)NCC2CCS(=O)(=O)CC2)c1C. The average molecular weight is 338 g/mol. The number of nitrogens with one attached hydrogen (secondary N) is 1. The summed E-state index contributed by atoms with van der Waals surface area (Å²) >= 11 is 0. The smallest absolute Gasteiger partial charge is 0.317 e. The Morgan fingerprint density at radius 2 is 1.91 bits per heavy atom. The van der Waals surface area contributed by atoms with Crippen LogP contribution in [0.15, 0.2) is 18.2 Å². The van der Waals surface area contributed by atoms with E-state index in [1.165, 1.54) is 11.1 Å². The minimum Gasteiger partial charge on any atom is -0.338 e. The number of benzene rings is 1. The monoisotopic (exact) mass is 338 g/mol. The molecule has 1 aliphatic rings. The van der Waals surface area contributed by atoms with Crippen LogP contribution < -0.4 is 5.32 Å². The lowest BCUT2D eigenvalue weighted by atomic mass is 10.0. The maximum atomic E-state index is 12.2. The van der Waals surface area contributed by atoms with Crippen LogP contribution in [0.1, 0.15) is 29.5 Å². The molecule has 5 nitrogen and oxygen atoms in total. The van der Waals surface area contributed by atoms with E-state index < -0.39 is 9.84 Å². The van der Waals surface area contributed by atoms with E-state index in [1.807, 2.05) is 12.1 Å². The van der Waals surface area contributed by atoms with Crippen molar-refractivity contribution in [2.75, 3.05) is 25.1 Å². The van der Waals surface area contributed by atoms with Gasteiger partial charge in [-0.15, -0.1) is 0 Å². The third-order valence-electron chi connectivity index (χ3n) is 4.69. The molecule has 0 saturated carbocycles. The quantitative estimate of drug-likeness (QED) is 0.916. The molecular formula is C17H26N2O3S. The van der Waals surface area contributed by atoms with E-state index in [1.54, 1.807) is 11.9 Å². The first kappa shape index (κ1) is 17.8. The number of aryl methyl sites for hydroxylation is 1. The zero-order valence-corrected chi connectivity index (χ0v) is 14.9. The molecule has 1 heterocycles. The van der Waals surface area contributed by atoms with Crippen LogP contribution in [0.4, 0.5) is 4.79 Å². The molecule has 1 fully saturated rings. The van der Waals surface area contributed by atoms with Gasteiger partial charge in [0.25, 0.3) is 0 Å². The number of urea groups is 1. The van der Waals surface area contributed by atoms with E-state index in [4.69, 9.17) is 0 Å². The van der Waals surface area contributed by atoms with Crippen molar-refractivity contribution in [3.05, 3.63) is 34.9 Å². The number of rotatable bonds is 4. The van der Waals surface area contributed by atoms with Crippen LogP contribution in [0.25, 0.3) is 0 Å². The van der Waals surface area contributed by atoms with Crippen molar-refractivity contribution in [2.24, 2.45) is 5.92 Å². The number of carbonyl (C=O) groups is 1. The van der Waals surface area contributed by atoms with Crippen LogP contribution in [-0.4, -0.2) is 44.4 Å². The fraction of sp³-hybridized carbons (Fsp3) is 0.588. The topological polar surface area (TPSA) is 66.5 Å². The number of amides is 2. The van der Waals surface area contributed by atoms with Crippen molar-refractivity contribution in [1.82, 2.24) is 10.2 Å². The normalized spacial score (nSPS) is 17.7. The molecule has 6 heteroatoms. The van der Waals surface area contributed by atoms with Gasteiger partial charge >= 0.3 is 6.03 Å². The van der Waals surface area contributed by atoms with Crippen LogP contribution in [0.3, 0.4) is 0 Å². The van der Waals surface area contributed by atoms with E-state index in [0.29, 0.717) is 25.9 Å². The zero-order valence-electron chi connectivity index (χ0n) is 14.1. The second kappa shape index (κ2) is 7.34. The first-order chi connectivity index (χ1) is 10.8. The summed E-state index contributed by atoms with van der Waals surface area (Å²) < 4.78 is 22.8. The third-order valence-corrected chi connectivity index (χ3v) is 6.40. The first-order valence-corrected chi connectivity index (χ1v) is 9.85. The lowest BCUT2D eigenvalue weighted by Crippen LogP contribution is -2.40. The Hall–Kier alpha value is -1.56. The molecule has 128 valence electrons. The highest BCUT2D eigenvalue weighted by atomic mass is 32.2. The maximum absolute atomic E-state index is 12.2. The molecule has 0 radical (unpaired) electrons. The Morgan fingerprint density at radius 1 is 1.26 bits per heavy atom. The summed E-state index contributed by atoms with van der Waals surface area (Å²) in [5.74, 6) is 0.745. The summed E-state index contributed by atoms with van der Waals surface area (Å²) in [6, 6.07) is 6.00. The van der Waals surface area contributed by atoms with Gasteiger partial charge < -0.3 is 10.2 Å². The van der Waals surface area contributed by atoms with Crippen molar-refractivity contribution in [1.29, 1.82) is 0 Å². The highest BCUT2D eigenvalue weighted by molar-refractivity contribution is 7.91. The summed E-state index contributed by atoms with van der Waals surface area (Å²) in [5, 5.41) is 2.93. The zero-order chi connectivity index (χ0) is 17.0. The fourth-order valence-corrected chi connectivity index (χ4v) is 4.41. The predicted octanol–water partition coefficient (Wildman–Crippen LogP) is 2.27. The second-order valence-corrected chi connectivity index (χ2v) is 8.80. The van der Waals surface area contributed by atoms with Gasteiger partial charge in [0, 0.05) is 20.1 Å². The molecule has 2 amide bonds. The molecule has 0 bridgehead atoms. The van der Waals surface area contributed by atoms with Gasteiger partial charge in [-0.2, -0.15) is 0 Å². The lowest BCUT2D eigenvalue weighted by molar-refractivity contribution is 0.204. The molecule has 1 aromatic carbocycles.